The van der Waals surface area contributed by atoms with Crippen LogP contribution in [-0.2, 0) is 13.6 Å². The van der Waals surface area contributed by atoms with Gasteiger partial charge >= 0.3 is 0 Å². The van der Waals surface area contributed by atoms with E-state index in [-0.39, 0.29) is 11.5 Å². The van der Waals surface area contributed by atoms with Crippen molar-refractivity contribution in [3.05, 3.63) is 82.4 Å². The third kappa shape index (κ3) is 3.55. The highest BCUT2D eigenvalue weighted by Gasteiger charge is 2.07. The van der Waals surface area contributed by atoms with Crippen molar-refractivity contribution in [1.29, 1.82) is 0 Å². The summed E-state index contributed by atoms with van der Waals surface area (Å²) in [5.41, 5.74) is 2.92. The van der Waals surface area contributed by atoms with E-state index in [0.29, 0.717) is 17.8 Å². The molecule has 0 saturated carbocycles. The van der Waals surface area contributed by atoms with Gasteiger partial charge in [-0.25, -0.2) is 4.68 Å². The van der Waals surface area contributed by atoms with E-state index in [9.17, 15) is 9.59 Å². The van der Waals surface area contributed by atoms with E-state index >= 15 is 0 Å². The monoisotopic (exact) mass is 320 g/mol. The van der Waals surface area contributed by atoms with Crippen LogP contribution in [0.3, 0.4) is 0 Å². The molecule has 0 fully saturated rings. The van der Waals surface area contributed by atoms with Gasteiger partial charge in [0.25, 0.3) is 11.5 Å². The van der Waals surface area contributed by atoms with Crippen LogP contribution in [-0.4, -0.2) is 20.7 Å². The normalized spacial score (nSPS) is 10.4. The molecule has 6 nitrogen and oxygen atoms in total. The van der Waals surface area contributed by atoms with Crippen molar-refractivity contribution in [2.24, 2.45) is 7.05 Å². The quantitative estimate of drug-likeness (QED) is 0.795. The molecule has 0 saturated heterocycles. The Balaban J connectivity index is 1.70. The summed E-state index contributed by atoms with van der Waals surface area (Å²) in [6.07, 6.45) is 3.38. The van der Waals surface area contributed by atoms with Gasteiger partial charge in [-0.3, -0.25) is 14.6 Å². The van der Waals surface area contributed by atoms with E-state index in [1.165, 1.54) is 10.7 Å². The number of benzene rings is 1. The summed E-state index contributed by atoms with van der Waals surface area (Å²) in [4.78, 5) is 27.5. The Labute approximate surface area is 138 Å². The van der Waals surface area contributed by atoms with Crippen LogP contribution < -0.4 is 10.9 Å². The molecule has 0 atom stereocenters. The maximum Gasteiger partial charge on any atom is 0.266 e. The lowest BCUT2D eigenvalue weighted by Crippen LogP contribution is -2.22. The van der Waals surface area contributed by atoms with Crippen LogP contribution in [0.4, 0.5) is 0 Å². The molecule has 1 amide bonds. The van der Waals surface area contributed by atoms with E-state index in [1.54, 1.807) is 37.6 Å². The zero-order valence-corrected chi connectivity index (χ0v) is 13.1. The van der Waals surface area contributed by atoms with E-state index < -0.39 is 0 Å². The molecule has 3 aromatic rings. The van der Waals surface area contributed by atoms with Crippen molar-refractivity contribution in [3.63, 3.8) is 0 Å². The molecule has 6 heteroatoms. The summed E-state index contributed by atoms with van der Waals surface area (Å²) in [6.45, 7) is 0.450. The van der Waals surface area contributed by atoms with Crippen LogP contribution in [0.5, 0.6) is 0 Å². The fourth-order valence-electron chi connectivity index (χ4n) is 2.23. The highest BCUT2D eigenvalue weighted by molar-refractivity contribution is 5.94. The Kier molecular flexibility index (Phi) is 4.47. The van der Waals surface area contributed by atoms with Crippen molar-refractivity contribution in [2.45, 2.75) is 6.54 Å². The van der Waals surface area contributed by atoms with Crippen molar-refractivity contribution >= 4 is 5.91 Å². The Morgan fingerprint density at radius 1 is 1.04 bits per heavy atom. The molecule has 0 radical (unpaired) electrons. The zero-order chi connectivity index (χ0) is 16.9. The molecule has 0 bridgehead atoms. The smallest absolute Gasteiger partial charge is 0.266 e. The molecule has 24 heavy (non-hydrogen) atoms. The zero-order valence-electron chi connectivity index (χ0n) is 13.1. The van der Waals surface area contributed by atoms with Crippen molar-refractivity contribution in [2.75, 3.05) is 0 Å². The maximum atomic E-state index is 12.2. The van der Waals surface area contributed by atoms with E-state index in [0.717, 1.165) is 11.1 Å². The number of nitrogens with zero attached hydrogens (tertiary/aromatic N) is 3. The standard InChI is InChI=1S/C18H16N4O2/c1-22-17(23)7-6-16(21-22)14-2-4-15(5-3-14)18(24)20-12-13-8-10-19-11-9-13/h2-11H,12H2,1H3,(H,20,24). The fraction of sp³-hybridized carbons (Fsp3) is 0.111. The third-order valence-electron chi connectivity index (χ3n) is 3.61. The highest BCUT2D eigenvalue weighted by Crippen LogP contribution is 2.16. The third-order valence-corrected chi connectivity index (χ3v) is 3.61. The highest BCUT2D eigenvalue weighted by atomic mass is 16.1. The number of aryl methyl sites for hydroxylation is 1. The summed E-state index contributed by atoms with van der Waals surface area (Å²) >= 11 is 0. The fourth-order valence-corrected chi connectivity index (χ4v) is 2.23. The summed E-state index contributed by atoms with van der Waals surface area (Å²) in [5, 5.41) is 7.05. The molecule has 0 spiro atoms. The molecule has 2 aromatic heterocycles. The van der Waals surface area contributed by atoms with Gasteiger partial charge in [-0.05, 0) is 35.9 Å². The molecule has 2 heterocycles. The number of aromatic nitrogens is 3. The molecule has 1 N–H and O–H groups in total. The first kappa shape index (κ1) is 15.6. The second kappa shape index (κ2) is 6.87. The average Bonchev–Trinajstić information content (AvgIpc) is 2.63. The van der Waals surface area contributed by atoms with Gasteiger partial charge in [0.2, 0.25) is 0 Å². The Morgan fingerprint density at radius 3 is 2.42 bits per heavy atom. The number of amides is 1. The van der Waals surface area contributed by atoms with Crippen molar-refractivity contribution in [1.82, 2.24) is 20.1 Å². The first-order valence-electron chi connectivity index (χ1n) is 7.45. The number of hydrogen-bond acceptors (Lipinski definition) is 4. The topological polar surface area (TPSA) is 76.9 Å². The summed E-state index contributed by atoms with van der Waals surface area (Å²) in [7, 11) is 1.60. The lowest BCUT2D eigenvalue weighted by atomic mass is 10.1. The van der Waals surface area contributed by atoms with Crippen molar-refractivity contribution in [3.8, 4) is 11.3 Å². The minimum atomic E-state index is -0.161. The predicted octanol–water partition coefficient (Wildman–Crippen LogP) is 1.77. The van der Waals surface area contributed by atoms with E-state index in [2.05, 4.69) is 15.4 Å². The van der Waals surface area contributed by atoms with Gasteiger partial charge in [-0.15, -0.1) is 0 Å². The van der Waals surface area contributed by atoms with E-state index in [1.807, 2.05) is 24.3 Å². The Hall–Kier alpha value is -3.28. The van der Waals surface area contributed by atoms with Gasteiger partial charge < -0.3 is 5.32 Å². The SMILES string of the molecule is Cn1nc(-c2ccc(C(=O)NCc3ccncc3)cc2)ccc1=O. The molecule has 1 aromatic carbocycles. The van der Waals surface area contributed by atoms with Gasteiger partial charge in [0, 0.05) is 43.2 Å². The lowest BCUT2D eigenvalue weighted by molar-refractivity contribution is 0.0951. The first-order chi connectivity index (χ1) is 11.6. The van der Waals surface area contributed by atoms with Crippen LogP contribution in [0.1, 0.15) is 15.9 Å². The van der Waals surface area contributed by atoms with Gasteiger partial charge in [0.1, 0.15) is 0 Å². The van der Waals surface area contributed by atoms with Crippen LogP contribution in [0.15, 0.2) is 65.7 Å². The second-order valence-electron chi connectivity index (χ2n) is 5.30. The van der Waals surface area contributed by atoms with Gasteiger partial charge in [0.15, 0.2) is 0 Å². The molecular weight excluding hydrogens is 304 g/mol. The largest absolute Gasteiger partial charge is 0.348 e. The van der Waals surface area contributed by atoms with Crippen LogP contribution in [0.25, 0.3) is 11.3 Å². The molecule has 0 aliphatic heterocycles. The number of hydrogen-bond donors (Lipinski definition) is 1. The van der Waals surface area contributed by atoms with Crippen LogP contribution >= 0.6 is 0 Å². The minimum absolute atomic E-state index is 0.146. The molecular formula is C18H16N4O2. The number of carbonyl (C=O) groups excluding carboxylic acids is 1. The minimum Gasteiger partial charge on any atom is -0.348 e. The average molecular weight is 320 g/mol. The number of rotatable bonds is 4. The molecule has 0 unspecified atom stereocenters. The van der Waals surface area contributed by atoms with Crippen LogP contribution in [0.2, 0.25) is 0 Å². The number of pyridine rings is 1. The van der Waals surface area contributed by atoms with Crippen LogP contribution in [0, 0.1) is 0 Å². The lowest BCUT2D eigenvalue weighted by Gasteiger charge is -2.07. The summed E-state index contributed by atoms with van der Waals surface area (Å²) in [5.74, 6) is -0.146. The van der Waals surface area contributed by atoms with Gasteiger partial charge in [0.05, 0.1) is 5.69 Å². The number of carbonyl (C=O) groups is 1. The van der Waals surface area contributed by atoms with Gasteiger partial charge in [-0.2, -0.15) is 5.10 Å². The Bertz CT molecular complexity index is 902. The molecule has 0 aliphatic carbocycles. The predicted molar refractivity (Wildman–Crippen MR) is 90.3 cm³/mol. The van der Waals surface area contributed by atoms with Gasteiger partial charge in [-0.1, -0.05) is 12.1 Å². The Morgan fingerprint density at radius 2 is 1.75 bits per heavy atom. The molecule has 120 valence electrons. The molecule has 0 aliphatic rings. The van der Waals surface area contributed by atoms with Crippen molar-refractivity contribution < 1.29 is 4.79 Å². The molecule has 3 rings (SSSR count). The summed E-state index contributed by atoms with van der Waals surface area (Å²) in [6, 6.07) is 14.0. The first-order valence-corrected chi connectivity index (χ1v) is 7.45. The number of nitrogens with one attached hydrogen (secondary N) is 1. The second-order valence-corrected chi connectivity index (χ2v) is 5.30. The maximum absolute atomic E-state index is 12.2. The summed E-state index contributed by atoms with van der Waals surface area (Å²) < 4.78 is 1.28. The van der Waals surface area contributed by atoms with E-state index in [4.69, 9.17) is 0 Å².